The molecule has 0 unspecified atom stereocenters. The molecule has 0 bridgehead atoms. The summed E-state index contributed by atoms with van der Waals surface area (Å²) in [5.41, 5.74) is 3.35. The number of H-pyrrole nitrogens is 1. The number of benzene rings is 1. The van der Waals surface area contributed by atoms with Crippen LogP contribution in [0.5, 0.6) is 5.75 Å². The quantitative estimate of drug-likeness (QED) is 0.541. The van der Waals surface area contributed by atoms with Gasteiger partial charge < -0.3 is 10.1 Å². The van der Waals surface area contributed by atoms with Crippen LogP contribution in [0.3, 0.4) is 0 Å². The number of pyridine rings is 1. The van der Waals surface area contributed by atoms with Crippen molar-refractivity contribution in [3.63, 3.8) is 0 Å². The molecule has 4 aromatic rings. The predicted molar refractivity (Wildman–Crippen MR) is 110 cm³/mol. The molecule has 3 aromatic heterocycles. The predicted octanol–water partition coefficient (Wildman–Crippen LogP) is 2.71. The van der Waals surface area contributed by atoms with Gasteiger partial charge in [0.25, 0.3) is 5.56 Å². The van der Waals surface area contributed by atoms with Gasteiger partial charge in [-0.05, 0) is 25.1 Å². The third kappa shape index (κ3) is 2.90. The van der Waals surface area contributed by atoms with E-state index in [0.29, 0.717) is 46.5 Å². The third-order valence-corrected chi connectivity index (χ3v) is 5.35. The van der Waals surface area contributed by atoms with Gasteiger partial charge in [0.1, 0.15) is 17.4 Å². The summed E-state index contributed by atoms with van der Waals surface area (Å²) >= 11 is 0. The number of halogens is 1. The minimum Gasteiger partial charge on any atom is -0.493 e. The highest BCUT2D eigenvalue weighted by Gasteiger charge is 2.20. The second-order valence-electron chi connectivity index (χ2n) is 7.26. The molecule has 1 aliphatic rings. The maximum Gasteiger partial charge on any atom is 0.272 e. The molecule has 1 aliphatic heterocycles. The number of anilines is 1. The molecule has 0 radical (unpaired) electrons. The van der Waals surface area contributed by atoms with Gasteiger partial charge in [0, 0.05) is 42.9 Å². The van der Waals surface area contributed by atoms with Gasteiger partial charge >= 0.3 is 0 Å². The highest BCUT2D eigenvalue weighted by Crippen LogP contribution is 2.32. The molecule has 0 atom stereocenters. The van der Waals surface area contributed by atoms with Crippen molar-refractivity contribution >= 4 is 16.6 Å². The fraction of sp³-hybridized carbons (Fsp3) is 0.238. The van der Waals surface area contributed by atoms with Crippen LogP contribution in [0.2, 0.25) is 0 Å². The Labute approximate surface area is 170 Å². The fourth-order valence-corrected chi connectivity index (χ4v) is 3.98. The van der Waals surface area contributed by atoms with E-state index >= 15 is 0 Å². The fourth-order valence-electron chi connectivity index (χ4n) is 3.98. The summed E-state index contributed by atoms with van der Waals surface area (Å²) in [6.45, 7) is 2.65. The van der Waals surface area contributed by atoms with E-state index < -0.39 is 0 Å². The molecule has 2 N–H and O–H groups in total. The summed E-state index contributed by atoms with van der Waals surface area (Å²) in [7, 11) is 1.82. The topological polar surface area (TPSA) is 97.7 Å². The zero-order chi connectivity index (χ0) is 20.8. The van der Waals surface area contributed by atoms with E-state index in [2.05, 4.69) is 25.6 Å². The normalized spacial score (nSPS) is 12.8. The third-order valence-electron chi connectivity index (χ3n) is 5.35. The largest absolute Gasteiger partial charge is 0.493 e. The van der Waals surface area contributed by atoms with Crippen LogP contribution in [-0.2, 0) is 20.0 Å². The standard InChI is InChI=1S/C21H19FN6O2/c1-11-7-17(28(2)27-11)14-9-24-20(15-10-25-26-21(29)19(14)15)23-8-13-12-5-6-30-18(12)4-3-16(13)22/h3-4,7,9-10H,5-6,8H2,1-2H3,(H,23,24)(H,26,29). The van der Waals surface area contributed by atoms with Gasteiger partial charge in [-0.3, -0.25) is 9.48 Å². The molecule has 4 heterocycles. The van der Waals surface area contributed by atoms with Crippen LogP contribution in [0.15, 0.2) is 35.4 Å². The lowest BCUT2D eigenvalue weighted by Gasteiger charge is -2.13. The first kappa shape index (κ1) is 18.3. The number of aromatic nitrogens is 5. The van der Waals surface area contributed by atoms with Crippen molar-refractivity contribution in [1.82, 2.24) is 25.0 Å². The number of nitrogens with one attached hydrogen (secondary N) is 2. The van der Waals surface area contributed by atoms with Crippen molar-refractivity contribution in [2.45, 2.75) is 19.9 Å². The van der Waals surface area contributed by atoms with E-state index in [-0.39, 0.29) is 17.9 Å². The number of hydrogen-bond donors (Lipinski definition) is 2. The summed E-state index contributed by atoms with van der Waals surface area (Å²) in [4.78, 5) is 17.2. The lowest BCUT2D eigenvalue weighted by molar-refractivity contribution is 0.356. The highest BCUT2D eigenvalue weighted by molar-refractivity contribution is 6.00. The number of ether oxygens (including phenoxy) is 1. The van der Waals surface area contributed by atoms with Gasteiger partial charge in [0.05, 0.1) is 35.0 Å². The SMILES string of the molecule is Cc1cc(-c2cnc(NCc3c(F)ccc4c3CCO4)c3cn[nH]c(=O)c23)n(C)n1. The molecule has 0 spiro atoms. The van der Waals surface area contributed by atoms with Gasteiger partial charge in [-0.15, -0.1) is 0 Å². The summed E-state index contributed by atoms with van der Waals surface area (Å²) in [5.74, 6) is 0.877. The van der Waals surface area contributed by atoms with Gasteiger partial charge in [0.15, 0.2) is 0 Å². The molecule has 30 heavy (non-hydrogen) atoms. The van der Waals surface area contributed by atoms with Crippen molar-refractivity contribution in [1.29, 1.82) is 0 Å². The molecular formula is C21H19FN6O2. The van der Waals surface area contributed by atoms with E-state index in [9.17, 15) is 9.18 Å². The van der Waals surface area contributed by atoms with Crippen LogP contribution in [-0.4, -0.2) is 31.6 Å². The molecular weight excluding hydrogens is 387 g/mol. The first-order valence-electron chi connectivity index (χ1n) is 9.57. The van der Waals surface area contributed by atoms with Crippen LogP contribution >= 0.6 is 0 Å². The summed E-state index contributed by atoms with van der Waals surface area (Å²) < 4.78 is 21.7. The summed E-state index contributed by atoms with van der Waals surface area (Å²) in [5, 5.41) is 15.0. The monoisotopic (exact) mass is 406 g/mol. The molecule has 1 aromatic carbocycles. The van der Waals surface area contributed by atoms with Gasteiger partial charge in [-0.25, -0.2) is 14.5 Å². The first-order chi connectivity index (χ1) is 14.5. The Morgan fingerprint density at radius 3 is 3.00 bits per heavy atom. The Kier molecular flexibility index (Phi) is 4.23. The van der Waals surface area contributed by atoms with Crippen LogP contribution in [0.4, 0.5) is 10.2 Å². The van der Waals surface area contributed by atoms with E-state index in [1.807, 2.05) is 20.0 Å². The van der Waals surface area contributed by atoms with E-state index in [4.69, 9.17) is 4.74 Å². The second kappa shape index (κ2) is 6.94. The van der Waals surface area contributed by atoms with E-state index in [0.717, 1.165) is 17.0 Å². The average molecular weight is 406 g/mol. The van der Waals surface area contributed by atoms with Crippen LogP contribution in [0.25, 0.3) is 22.0 Å². The smallest absolute Gasteiger partial charge is 0.272 e. The molecule has 5 rings (SSSR count). The second-order valence-corrected chi connectivity index (χ2v) is 7.26. The molecule has 152 valence electrons. The van der Waals surface area contributed by atoms with Crippen LogP contribution in [0, 0.1) is 12.7 Å². The Bertz CT molecular complexity index is 1340. The maximum atomic E-state index is 14.5. The van der Waals surface area contributed by atoms with Crippen molar-refractivity contribution < 1.29 is 9.13 Å². The number of aromatic amines is 1. The minimum absolute atomic E-state index is 0.220. The molecule has 0 amide bonds. The molecule has 8 nitrogen and oxygen atoms in total. The summed E-state index contributed by atoms with van der Waals surface area (Å²) in [6, 6.07) is 4.96. The van der Waals surface area contributed by atoms with Crippen molar-refractivity contribution in [2.75, 3.05) is 11.9 Å². The van der Waals surface area contributed by atoms with Crippen molar-refractivity contribution in [2.24, 2.45) is 7.05 Å². The number of fused-ring (bicyclic) bond motifs is 2. The Morgan fingerprint density at radius 1 is 1.33 bits per heavy atom. The lowest BCUT2D eigenvalue weighted by Crippen LogP contribution is -2.13. The Balaban J connectivity index is 1.58. The molecule has 9 heteroatoms. The molecule has 0 aliphatic carbocycles. The Hall–Kier alpha value is -3.75. The molecule has 0 fully saturated rings. The Morgan fingerprint density at radius 2 is 2.20 bits per heavy atom. The number of rotatable bonds is 4. The highest BCUT2D eigenvalue weighted by atomic mass is 19.1. The van der Waals surface area contributed by atoms with Crippen LogP contribution < -0.4 is 15.6 Å². The van der Waals surface area contributed by atoms with Crippen molar-refractivity contribution in [3.8, 4) is 17.0 Å². The summed E-state index contributed by atoms with van der Waals surface area (Å²) in [6.07, 6.45) is 3.84. The number of nitrogens with zero attached hydrogens (tertiary/aromatic N) is 4. The lowest BCUT2D eigenvalue weighted by atomic mass is 10.0. The van der Waals surface area contributed by atoms with Gasteiger partial charge in [0.2, 0.25) is 0 Å². The van der Waals surface area contributed by atoms with Gasteiger partial charge in [-0.2, -0.15) is 10.2 Å². The number of aryl methyl sites for hydroxylation is 2. The van der Waals surface area contributed by atoms with Gasteiger partial charge in [-0.1, -0.05) is 0 Å². The van der Waals surface area contributed by atoms with Crippen molar-refractivity contribution in [3.05, 3.63) is 63.6 Å². The first-order valence-corrected chi connectivity index (χ1v) is 9.57. The number of hydrogen-bond acceptors (Lipinski definition) is 6. The zero-order valence-electron chi connectivity index (χ0n) is 16.5. The van der Waals surface area contributed by atoms with E-state index in [1.54, 1.807) is 23.1 Å². The molecule has 0 saturated carbocycles. The maximum absolute atomic E-state index is 14.5. The zero-order valence-corrected chi connectivity index (χ0v) is 16.5. The van der Waals surface area contributed by atoms with Crippen LogP contribution in [0.1, 0.15) is 16.8 Å². The minimum atomic E-state index is -0.327. The molecule has 0 saturated heterocycles. The van der Waals surface area contributed by atoms with E-state index in [1.165, 1.54) is 6.07 Å². The average Bonchev–Trinajstić information content (AvgIpc) is 3.33.